The van der Waals surface area contributed by atoms with Crippen LogP contribution in [0.25, 0.3) is 0 Å². The molecule has 1 saturated carbocycles. The lowest BCUT2D eigenvalue weighted by Gasteiger charge is -2.28. The molecule has 15 heavy (non-hydrogen) atoms. The number of aliphatic hydroxyl groups is 1. The molecule has 1 aromatic heterocycles. The van der Waals surface area contributed by atoms with Gasteiger partial charge >= 0.3 is 0 Å². The maximum atomic E-state index is 9.44. The van der Waals surface area contributed by atoms with E-state index in [4.69, 9.17) is 0 Å². The van der Waals surface area contributed by atoms with Crippen LogP contribution in [0.5, 0.6) is 0 Å². The second kappa shape index (κ2) is 4.14. The summed E-state index contributed by atoms with van der Waals surface area (Å²) in [5.41, 5.74) is 0.791. The molecule has 1 aromatic rings. The van der Waals surface area contributed by atoms with Gasteiger partial charge in [-0.3, -0.25) is 0 Å². The number of aryl methyl sites for hydroxylation is 1. The smallest absolute Gasteiger partial charge is 0.130 e. The first-order chi connectivity index (χ1) is 7.24. The molecule has 0 unspecified atom stereocenters. The zero-order valence-electron chi connectivity index (χ0n) is 9.03. The number of nitrogens with zero attached hydrogens (tertiary/aromatic N) is 2. The van der Waals surface area contributed by atoms with Crippen molar-refractivity contribution in [3.8, 4) is 0 Å². The van der Waals surface area contributed by atoms with Crippen LogP contribution in [0, 0.1) is 6.92 Å². The summed E-state index contributed by atoms with van der Waals surface area (Å²) in [6, 6.07) is 1.91. The van der Waals surface area contributed by atoms with Gasteiger partial charge in [0.05, 0.1) is 12.1 Å². The molecule has 1 fully saturated rings. The first kappa shape index (κ1) is 10.4. The average molecular weight is 207 g/mol. The Hall–Kier alpha value is -1.16. The monoisotopic (exact) mass is 207 g/mol. The minimum atomic E-state index is -0.152. The van der Waals surface area contributed by atoms with Gasteiger partial charge in [-0.15, -0.1) is 0 Å². The van der Waals surface area contributed by atoms with E-state index in [1.54, 1.807) is 6.33 Å². The third kappa shape index (κ3) is 2.26. The highest BCUT2D eigenvalue weighted by Gasteiger charge is 2.33. The summed E-state index contributed by atoms with van der Waals surface area (Å²) in [6.45, 7) is 2.11. The van der Waals surface area contributed by atoms with E-state index < -0.39 is 0 Å². The Labute approximate surface area is 89.8 Å². The summed E-state index contributed by atoms with van der Waals surface area (Å²) in [6.07, 6.45) is 5.95. The Morgan fingerprint density at radius 1 is 1.40 bits per heavy atom. The summed E-state index contributed by atoms with van der Waals surface area (Å²) in [5.74, 6) is 0.818. The van der Waals surface area contributed by atoms with Crippen molar-refractivity contribution in [3.05, 3.63) is 18.1 Å². The topological polar surface area (TPSA) is 58.0 Å². The van der Waals surface area contributed by atoms with Gasteiger partial charge in [-0.1, -0.05) is 12.8 Å². The summed E-state index contributed by atoms with van der Waals surface area (Å²) in [4.78, 5) is 8.21. The summed E-state index contributed by atoms with van der Waals surface area (Å²) in [7, 11) is 0. The quantitative estimate of drug-likeness (QED) is 0.788. The van der Waals surface area contributed by atoms with Gasteiger partial charge in [-0.05, 0) is 19.8 Å². The van der Waals surface area contributed by atoms with Crippen molar-refractivity contribution < 1.29 is 5.11 Å². The third-order valence-corrected chi connectivity index (χ3v) is 3.06. The molecular weight excluding hydrogens is 190 g/mol. The zero-order chi connectivity index (χ0) is 10.7. The minimum absolute atomic E-state index is 0.152. The van der Waals surface area contributed by atoms with Gasteiger partial charge in [0.25, 0.3) is 0 Å². The van der Waals surface area contributed by atoms with Gasteiger partial charge in [0.15, 0.2) is 0 Å². The van der Waals surface area contributed by atoms with Crippen LogP contribution in [0.1, 0.15) is 31.4 Å². The van der Waals surface area contributed by atoms with Crippen molar-refractivity contribution in [2.24, 2.45) is 0 Å². The Bertz CT molecular complexity index is 334. The minimum Gasteiger partial charge on any atom is -0.394 e. The summed E-state index contributed by atoms with van der Waals surface area (Å²) < 4.78 is 0. The third-order valence-electron chi connectivity index (χ3n) is 3.06. The predicted molar refractivity (Wildman–Crippen MR) is 58.7 cm³/mol. The molecule has 1 heterocycles. The van der Waals surface area contributed by atoms with E-state index >= 15 is 0 Å². The molecule has 0 spiro atoms. The molecule has 2 N–H and O–H groups in total. The molecule has 0 aliphatic heterocycles. The van der Waals surface area contributed by atoms with Crippen LogP contribution in [0.3, 0.4) is 0 Å². The normalized spacial score (nSPS) is 19.1. The molecular formula is C11H17N3O. The van der Waals surface area contributed by atoms with E-state index in [2.05, 4.69) is 15.3 Å². The highest BCUT2D eigenvalue weighted by atomic mass is 16.3. The van der Waals surface area contributed by atoms with Crippen LogP contribution in [0.4, 0.5) is 5.82 Å². The maximum absolute atomic E-state index is 9.44. The zero-order valence-corrected chi connectivity index (χ0v) is 9.03. The highest BCUT2D eigenvalue weighted by Crippen LogP contribution is 2.32. The molecule has 2 rings (SSSR count). The van der Waals surface area contributed by atoms with E-state index in [0.717, 1.165) is 24.4 Å². The van der Waals surface area contributed by atoms with E-state index in [1.165, 1.54) is 12.8 Å². The van der Waals surface area contributed by atoms with Gasteiger partial charge < -0.3 is 10.4 Å². The van der Waals surface area contributed by atoms with Crippen LogP contribution < -0.4 is 5.32 Å². The van der Waals surface area contributed by atoms with Crippen molar-refractivity contribution in [1.29, 1.82) is 0 Å². The van der Waals surface area contributed by atoms with Gasteiger partial charge in [-0.25, -0.2) is 9.97 Å². The van der Waals surface area contributed by atoms with Crippen LogP contribution >= 0.6 is 0 Å². The molecule has 0 amide bonds. The van der Waals surface area contributed by atoms with Crippen LogP contribution in [0.2, 0.25) is 0 Å². The van der Waals surface area contributed by atoms with Crippen LogP contribution in [0.15, 0.2) is 12.4 Å². The van der Waals surface area contributed by atoms with E-state index in [0.29, 0.717) is 0 Å². The molecule has 82 valence electrons. The van der Waals surface area contributed by atoms with Gasteiger partial charge in [-0.2, -0.15) is 0 Å². The lowest BCUT2D eigenvalue weighted by molar-refractivity contribution is 0.214. The molecule has 0 aromatic carbocycles. The lowest BCUT2D eigenvalue weighted by atomic mass is 9.99. The Morgan fingerprint density at radius 3 is 2.73 bits per heavy atom. The van der Waals surface area contributed by atoms with E-state index in [-0.39, 0.29) is 12.1 Å². The molecule has 0 bridgehead atoms. The Morgan fingerprint density at radius 2 is 2.13 bits per heavy atom. The second-order valence-electron chi connectivity index (χ2n) is 4.32. The summed E-state index contributed by atoms with van der Waals surface area (Å²) in [5, 5.41) is 12.8. The van der Waals surface area contributed by atoms with Gasteiger partial charge in [0.1, 0.15) is 12.1 Å². The molecule has 1 aliphatic rings. The van der Waals surface area contributed by atoms with Gasteiger partial charge in [0, 0.05) is 11.8 Å². The van der Waals surface area contributed by atoms with Crippen molar-refractivity contribution in [2.45, 2.75) is 38.1 Å². The number of rotatable bonds is 3. The van der Waals surface area contributed by atoms with E-state index in [1.807, 2.05) is 13.0 Å². The lowest BCUT2D eigenvalue weighted by Crippen LogP contribution is -2.39. The average Bonchev–Trinajstić information content (AvgIpc) is 2.67. The molecule has 0 saturated heterocycles. The Kier molecular flexibility index (Phi) is 2.86. The molecule has 0 radical (unpaired) electrons. The largest absolute Gasteiger partial charge is 0.394 e. The van der Waals surface area contributed by atoms with Crippen molar-refractivity contribution in [2.75, 3.05) is 11.9 Å². The van der Waals surface area contributed by atoms with E-state index in [9.17, 15) is 5.11 Å². The van der Waals surface area contributed by atoms with Crippen molar-refractivity contribution in [3.63, 3.8) is 0 Å². The first-order valence-electron chi connectivity index (χ1n) is 5.42. The number of aliphatic hydroxyl groups excluding tert-OH is 1. The fourth-order valence-corrected chi connectivity index (χ4v) is 2.17. The van der Waals surface area contributed by atoms with Crippen molar-refractivity contribution >= 4 is 5.82 Å². The SMILES string of the molecule is Cc1cc(NC2(CO)CCCC2)ncn1. The number of aromatic nitrogens is 2. The molecule has 4 nitrogen and oxygen atoms in total. The number of anilines is 1. The standard InChI is InChI=1S/C11H17N3O/c1-9-6-10(13-8-12-9)14-11(7-15)4-2-3-5-11/h6,8,15H,2-5,7H2,1H3,(H,12,13,14). The predicted octanol–water partition coefficient (Wildman–Crippen LogP) is 1.50. The second-order valence-corrected chi connectivity index (χ2v) is 4.32. The van der Waals surface area contributed by atoms with Crippen molar-refractivity contribution in [1.82, 2.24) is 9.97 Å². The molecule has 4 heteroatoms. The fourth-order valence-electron chi connectivity index (χ4n) is 2.17. The summed E-state index contributed by atoms with van der Waals surface area (Å²) >= 11 is 0. The Balaban J connectivity index is 2.12. The maximum Gasteiger partial charge on any atom is 0.130 e. The van der Waals surface area contributed by atoms with Crippen LogP contribution in [-0.2, 0) is 0 Å². The first-order valence-corrected chi connectivity index (χ1v) is 5.42. The molecule has 0 atom stereocenters. The fraction of sp³-hybridized carbons (Fsp3) is 0.636. The number of hydrogen-bond acceptors (Lipinski definition) is 4. The van der Waals surface area contributed by atoms with Gasteiger partial charge in [0.2, 0.25) is 0 Å². The highest BCUT2D eigenvalue weighted by molar-refractivity contribution is 5.38. The number of nitrogens with one attached hydrogen (secondary N) is 1. The van der Waals surface area contributed by atoms with Crippen LogP contribution in [-0.4, -0.2) is 27.2 Å². The molecule has 1 aliphatic carbocycles. The number of hydrogen-bond donors (Lipinski definition) is 2.